The van der Waals surface area contributed by atoms with Gasteiger partial charge in [0.2, 0.25) is 0 Å². The first-order valence-corrected chi connectivity index (χ1v) is 14.1. The summed E-state index contributed by atoms with van der Waals surface area (Å²) in [6.07, 6.45) is 3.71. The second-order valence-electron chi connectivity index (χ2n) is 10.4. The van der Waals surface area contributed by atoms with Crippen LogP contribution in [0.15, 0.2) is 152 Å². The Balaban J connectivity index is 1.44. The Bertz CT molecular complexity index is 2170. The summed E-state index contributed by atoms with van der Waals surface area (Å²) in [5.74, 6) is 0. The van der Waals surface area contributed by atoms with Gasteiger partial charge >= 0.3 is 0 Å². The molecular weight excluding hydrogens is 510 g/mol. The molecule has 0 unspecified atom stereocenters. The Morgan fingerprint density at radius 1 is 0.333 bits per heavy atom. The van der Waals surface area contributed by atoms with E-state index in [1.165, 1.54) is 21.9 Å². The zero-order chi connectivity index (χ0) is 27.9. The van der Waals surface area contributed by atoms with Gasteiger partial charge in [-0.2, -0.15) is 0 Å². The van der Waals surface area contributed by atoms with Gasteiger partial charge in [0.1, 0.15) is 0 Å². The number of benzene rings is 6. The smallest absolute Gasteiger partial charge is 0.0985 e. The van der Waals surface area contributed by atoms with E-state index in [0.717, 1.165) is 55.4 Å². The van der Waals surface area contributed by atoms with Crippen molar-refractivity contribution in [1.29, 1.82) is 0 Å². The molecule has 0 radical (unpaired) electrons. The second kappa shape index (κ2) is 10.1. The van der Waals surface area contributed by atoms with Crippen molar-refractivity contribution < 1.29 is 0 Å². The molecule has 0 amide bonds. The molecule has 0 aliphatic rings. The van der Waals surface area contributed by atoms with Gasteiger partial charge in [0.25, 0.3) is 0 Å². The standard InChI is InChI=1S/C39H25N3/c1-2-11-28(12-3-1)38-39(42-35-19-9-8-18-34(35)41-38)37-32-16-6-4-14-30(32)36(31-15-5-7-17-33(31)37)27-22-20-26(21-23-27)29-13-10-24-40-25-29/h1-25H. The van der Waals surface area contributed by atoms with E-state index in [9.17, 15) is 0 Å². The molecule has 196 valence electrons. The van der Waals surface area contributed by atoms with Crippen LogP contribution in [0, 0.1) is 0 Å². The van der Waals surface area contributed by atoms with Gasteiger partial charge in [0, 0.05) is 23.5 Å². The summed E-state index contributed by atoms with van der Waals surface area (Å²) in [7, 11) is 0. The highest BCUT2D eigenvalue weighted by Crippen LogP contribution is 2.45. The molecule has 0 aliphatic heterocycles. The lowest BCUT2D eigenvalue weighted by molar-refractivity contribution is 1.30. The predicted molar refractivity (Wildman–Crippen MR) is 174 cm³/mol. The molecule has 6 aromatic carbocycles. The SMILES string of the molecule is c1ccc(-c2nc3ccccc3nc2-c2c3ccccc3c(-c3ccc(-c4cccnc4)cc3)c3ccccc23)cc1. The Hall–Kier alpha value is -5.67. The van der Waals surface area contributed by atoms with Gasteiger partial charge in [-0.1, -0.05) is 121 Å². The van der Waals surface area contributed by atoms with Crippen LogP contribution >= 0.6 is 0 Å². The molecule has 0 spiro atoms. The van der Waals surface area contributed by atoms with Crippen molar-refractivity contribution in [2.75, 3.05) is 0 Å². The van der Waals surface area contributed by atoms with Crippen LogP contribution in [-0.4, -0.2) is 15.0 Å². The number of pyridine rings is 1. The van der Waals surface area contributed by atoms with Crippen LogP contribution in [0.3, 0.4) is 0 Å². The Labute approximate surface area is 243 Å². The maximum absolute atomic E-state index is 5.30. The van der Waals surface area contributed by atoms with Crippen molar-refractivity contribution in [3.63, 3.8) is 0 Å². The molecule has 3 nitrogen and oxygen atoms in total. The summed E-state index contributed by atoms with van der Waals surface area (Å²) in [5.41, 5.74) is 10.4. The first kappa shape index (κ1) is 24.2. The van der Waals surface area contributed by atoms with E-state index in [4.69, 9.17) is 9.97 Å². The first-order chi connectivity index (χ1) is 20.8. The second-order valence-corrected chi connectivity index (χ2v) is 10.4. The maximum atomic E-state index is 5.30. The largest absolute Gasteiger partial charge is 0.264 e. The van der Waals surface area contributed by atoms with Crippen molar-refractivity contribution in [1.82, 2.24) is 15.0 Å². The minimum Gasteiger partial charge on any atom is -0.264 e. The number of para-hydroxylation sites is 2. The fourth-order valence-electron chi connectivity index (χ4n) is 6.03. The average molecular weight is 536 g/mol. The number of hydrogen-bond acceptors (Lipinski definition) is 3. The fraction of sp³-hybridized carbons (Fsp3) is 0. The summed E-state index contributed by atoms with van der Waals surface area (Å²) >= 11 is 0. The molecule has 8 rings (SSSR count). The Morgan fingerprint density at radius 2 is 0.833 bits per heavy atom. The van der Waals surface area contributed by atoms with Crippen molar-refractivity contribution in [2.45, 2.75) is 0 Å². The number of rotatable bonds is 4. The van der Waals surface area contributed by atoms with Crippen LogP contribution in [0.2, 0.25) is 0 Å². The van der Waals surface area contributed by atoms with Gasteiger partial charge in [-0.25, -0.2) is 9.97 Å². The summed E-state index contributed by atoms with van der Waals surface area (Å²) in [6.45, 7) is 0. The summed E-state index contributed by atoms with van der Waals surface area (Å²) < 4.78 is 0. The summed E-state index contributed by atoms with van der Waals surface area (Å²) in [4.78, 5) is 14.8. The lowest BCUT2D eigenvalue weighted by Gasteiger charge is -2.19. The topological polar surface area (TPSA) is 38.7 Å². The van der Waals surface area contributed by atoms with E-state index in [1.807, 2.05) is 42.6 Å². The molecule has 0 saturated carbocycles. The minimum atomic E-state index is 0.885. The molecule has 8 aromatic rings. The Kier molecular flexibility index (Phi) is 5.79. The zero-order valence-electron chi connectivity index (χ0n) is 22.8. The lowest BCUT2D eigenvalue weighted by Crippen LogP contribution is -1.98. The van der Waals surface area contributed by atoms with Crippen LogP contribution in [-0.2, 0) is 0 Å². The fourth-order valence-corrected chi connectivity index (χ4v) is 6.03. The zero-order valence-corrected chi connectivity index (χ0v) is 22.8. The Morgan fingerprint density at radius 3 is 1.43 bits per heavy atom. The van der Waals surface area contributed by atoms with Crippen LogP contribution in [0.1, 0.15) is 0 Å². The molecule has 0 saturated heterocycles. The van der Waals surface area contributed by atoms with Crippen LogP contribution < -0.4 is 0 Å². The molecule has 0 N–H and O–H groups in total. The van der Waals surface area contributed by atoms with Gasteiger partial charge in [0.05, 0.1) is 22.4 Å². The van der Waals surface area contributed by atoms with E-state index in [0.29, 0.717) is 0 Å². The lowest BCUT2D eigenvalue weighted by atomic mass is 9.86. The van der Waals surface area contributed by atoms with Crippen molar-refractivity contribution >= 4 is 32.6 Å². The number of nitrogens with zero attached hydrogens (tertiary/aromatic N) is 3. The normalized spacial score (nSPS) is 11.3. The molecule has 0 fully saturated rings. The summed E-state index contributed by atoms with van der Waals surface area (Å²) in [5, 5.41) is 4.69. The van der Waals surface area contributed by atoms with Crippen molar-refractivity contribution in [3.05, 3.63) is 152 Å². The van der Waals surface area contributed by atoms with Crippen LogP contribution in [0.5, 0.6) is 0 Å². The van der Waals surface area contributed by atoms with Gasteiger partial charge in [-0.05, 0) is 62.0 Å². The third-order valence-corrected chi connectivity index (χ3v) is 7.95. The third-order valence-electron chi connectivity index (χ3n) is 7.95. The molecule has 2 aromatic heterocycles. The highest BCUT2D eigenvalue weighted by atomic mass is 14.8. The van der Waals surface area contributed by atoms with Crippen molar-refractivity contribution in [2.24, 2.45) is 0 Å². The molecule has 3 heteroatoms. The average Bonchev–Trinajstić information content (AvgIpc) is 3.07. The van der Waals surface area contributed by atoms with Crippen LogP contribution in [0.4, 0.5) is 0 Å². The van der Waals surface area contributed by atoms with Gasteiger partial charge in [0.15, 0.2) is 0 Å². The van der Waals surface area contributed by atoms with Crippen LogP contribution in [0.25, 0.3) is 77.3 Å². The van der Waals surface area contributed by atoms with E-state index in [2.05, 4.69) is 108 Å². The molecule has 0 atom stereocenters. The summed E-state index contributed by atoms with van der Waals surface area (Å²) in [6, 6.07) is 48.8. The highest BCUT2D eigenvalue weighted by molar-refractivity contribution is 6.22. The predicted octanol–water partition coefficient (Wildman–Crippen LogP) is 10.00. The quantitative estimate of drug-likeness (QED) is 0.211. The van der Waals surface area contributed by atoms with E-state index in [-0.39, 0.29) is 0 Å². The van der Waals surface area contributed by atoms with Gasteiger partial charge in [-0.3, -0.25) is 4.98 Å². The molecular formula is C39H25N3. The number of hydrogen-bond donors (Lipinski definition) is 0. The van der Waals surface area contributed by atoms with Gasteiger partial charge < -0.3 is 0 Å². The molecule has 2 heterocycles. The maximum Gasteiger partial charge on any atom is 0.0985 e. The minimum absolute atomic E-state index is 0.885. The van der Waals surface area contributed by atoms with E-state index in [1.54, 1.807) is 6.20 Å². The van der Waals surface area contributed by atoms with Gasteiger partial charge in [-0.15, -0.1) is 0 Å². The third kappa shape index (κ3) is 4.03. The molecule has 42 heavy (non-hydrogen) atoms. The first-order valence-electron chi connectivity index (χ1n) is 14.1. The van der Waals surface area contributed by atoms with E-state index >= 15 is 0 Å². The number of aromatic nitrogens is 3. The molecule has 0 bridgehead atoms. The van der Waals surface area contributed by atoms with E-state index < -0.39 is 0 Å². The monoisotopic (exact) mass is 535 g/mol. The molecule has 0 aliphatic carbocycles. The highest BCUT2D eigenvalue weighted by Gasteiger charge is 2.21. The number of fused-ring (bicyclic) bond motifs is 3. The van der Waals surface area contributed by atoms with Crippen molar-refractivity contribution in [3.8, 4) is 44.8 Å².